The predicted molar refractivity (Wildman–Crippen MR) is 70.9 cm³/mol. The lowest BCUT2D eigenvalue weighted by Crippen LogP contribution is -2.46. The molecule has 118 valence electrons. The summed E-state index contributed by atoms with van der Waals surface area (Å²) in [7, 11) is 0. The first-order chi connectivity index (χ1) is 9.14. The number of hydrogen-bond donors (Lipinski definition) is 2. The Morgan fingerprint density at radius 3 is 2.65 bits per heavy atom. The van der Waals surface area contributed by atoms with E-state index in [0.29, 0.717) is 6.54 Å². The highest BCUT2D eigenvalue weighted by Gasteiger charge is 2.33. The molecule has 1 amide bonds. The first-order valence-corrected chi connectivity index (χ1v) is 6.84. The van der Waals surface area contributed by atoms with Crippen LogP contribution in [0.2, 0.25) is 0 Å². The lowest BCUT2D eigenvalue weighted by molar-refractivity contribution is -0.0481. The lowest BCUT2D eigenvalue weighted by atomic mass is 10.2. The van der Waals surface area contributed by atoms with Crippen LogP contribution in [-0.2, 0) is 4.74 Å². The lowest BCUT2D eigenvalue weighted by Gasteiger charge is -2.29. The summed E-state index contributed by atoms with van der Waals surface area (Å²) in [4.78, 5) is 13.6. The fourth-order valence-electron chi connectivity index (χ4n) is 2.09. The monoisotopic (exact) mass is 294 g/mol. The van der Waals surface area contributed by atoms with Crippen LogP contribution in [0, 0.1) is 0 Å². The molecule has 1 rings (SSSR count). The van der Waals surface area contributed by atoms with Crippen molar-refractivity contribution in [3.05, 3.63) is 0 Å². The van der Waals surface area contributed by atoms with Gasteiger partial charge < -0.3 is 20.1 Å². The summed E-state index contributed by atoms with van der Waals surface area (Å²) < 4.78 is 31.1. The van der Waals surface area contributed by atoms with Gasteiger partial charge in [-0.05, 0) is 33.6 Å². The molecule has 1 saturated heterocycles. The number of carbonyl (C=O) groups excluding carboxylic acids is 1. The molecule has 0 spiro atoms. The molecule has 0 radical (unpaired) electrons. The normalized spacial score (nSPS) is 20.3. The van der Waals surface area contributed by atoms with E-state index in [1.165, 1.54) is 0 Å². The summed E-state index contributed by atoms with van der Waals surface area (Å²) in [6, 6.07) is -0.139. The van der Waals surface area contributed by atoms with Gasteiger partial charge in [0.1, 0.15) is 12.2 Å². The molecule has 1 fully saturated rings. The third-order valence-electron chi connectivity index (χ3n) is 3.00. The first-order valence-electron chi connectivity index (χ1n) is 6.84. The Morgan fingerprint density at radius 1 is 1.45 bits per heavy atom. The maximum absolute atomic E-state index is 12.9. The number of carbonyl (C=O) groups is 1. The van der Waals surface area contributed by atoms with Crippen LogP contribution >= 0.6 is 0 Å². The number of aliphatic hydroxyl groups excluding tert-OH is 1. The molecule has 0 aliphatic carbocycles. The summed E-state index contributed by atoms with van der Waals surface area (Å²) in [6.45, 7) is 4.44. The first kappa shape index (κ1) is 17.1. The summed E-state index contributed by atoms with van der Waals surface area (Å²) in [5.74, 6) is -3.13. The van der Waals surface area contributed by atoms with Crippen LogP contribution < -0.4 is 5.32 Å². The quantitative estimate of drug-likeness (QED) is 0.808. The minimum absolute atomic E-state index is 0.139. The van der Waals surface area contributed by atoms with E-state index in [2.05, 4.69) is 5.32 Å². The van der Waals surface area contributed by atoms with E-state index < -0.39 is 30.8 Å². The minimum Gasteiger partial charge on any atom is -0.444 e. The molecule has 1 unspecified atom stereocenters. The van der Waals surface area contributed by atoms with Gasteiger partial charge in [-0.3, -0.25) is 0 Å². The van der Waals surface area contributed by atoms with Crippen molar-refractivity contribution < 1.29 is 23.4 Å². The van der Waals surface area contributed by atoms with Crippen LogP contribution in [0.1, 0.15) is 33.6 Å². The fourth-order valence-corrected chi connectivity index (χ4v) is 2.09. The molecule has 0 aromatic carbocycles. The van der Waals surface area contributed by atoms with Crippen LogP contribution in [0.3, 0.4) is 0 Å². The molecule has 0 aromatic rings. The van der Waals surface area contributed by atoms with Gasteiger partial charge in [-0.2, -0.15) is 0 Å². The van der Waals surface area contributed by atoms with Crippen molar-refractivity contribution in [1.82, 2.24) is 10.2 Å². The highest BCUT2D eigenvalue weighted by atomic mass is 19.3. The zero-order valence-electron chi connectivity index (χ0n) is 12.3. The Morgan fingerprint density at radius 2 is 2.10 bits per heavy atom. The Balaban J connectivity index is 2.43. The smallest absolute Gasteiger partial charge is 0.410 e. The van der Waals surface area contributed by atoms with Gasteiger partial charge in [0.25, 0.3) is 5.92 Å². The van der Waals surface area contributed by atoms with Gasteiger partial charge >= 0.3 is 6.09 Å². The SMILES string of the molecule is CC(C)(C)OC(=O)N1CCCC1CNCC(F)(F)CO. The molecule has 0 aromatic heterocycles. The molecule has 0 bridgehead atoms. The van der Waals surface area contributed by atoms with Gasteiger partial charge in [0.05, 0.1) is 6.54 Å². The van der Waals surface area contributed by atoms with Crippen LogP contribution in [0.15, 0.2) is 0 Å². The van der Waals surface area contributed by atoms with Crippen molar-refractivity contribution in [3.63, 3.8) is 0 Å². The van der Waals surface area contributed by atoms with Crippen LogP contribution in [0.5, 0.6) is 0 Å². The highest BCUT2D eigenvalue weighted by Crippen LogP contribution is 2.20. The van der Waals surface area contributed by atoms with Gasteiger partial charge in [0.15, 0.2) is 0 Å². The Bertz CT molecular complexity index is 332. The van der Waals surface area contributed by atoms with E-state index in [-0.39, 0.29) is 12.6 Å². The standard InChI is InChI=1S/C13H24F2N2O3/c1-12(2,3)20-11(19)17-6-4-5-10(17)7-16-8-13(14,15)9-18/h10,16,18H,4-9H2,1-3H3. The molecule has 20 heavy (non-hydrogen) atoms. The molecular weight excluding hydrogens is 270 g/mol. The maximum Gasteiger partial charge on any atom is 0.410 e. The molecular formula is C13H24F2N2O3. The van der Waals surface area contributed by atoms with Crippen molar-refractivity contribution in [2.75, 3.05) is 26.2 Å². The molecule has 7 heteroatoms. The van der Waals surface area contributed by atoms with Crippen LogP contribution in [-0.4, -0.2) is 59.9 Å². The summed E-state index contributed by atoms with van der Waals surface area (Å²) in [5, 5.41) is 11.1. The Hall–Kier alpha value is -0.950. The number of likely N-dealkylation sites (tertiary alicyclic amines) is 1. The van der Waals surface area contributed by atoms with Crippen molar-refractivity contribution >= 4 is 6.09 Å². The molecule has 0 saturated carbocycles. The highest BCUT2D eigenvalue weighted by molar-refractivity contribution is 5.69. The molecule has 1 aliphatic heterocycles. The summed E-state index contributed by atoms with van der Waals surface area (Å²) in [6.07, 6.45) is 1.19. The molecule has 2 N–H and O–H groups in total. The molecule has 5 nitrogen and oxygen atoms in total. The zero-order chi connectivity index (χ0) is 15.4. The van der Waals surface area contributed by atoms with E-state index in [4.69, 9.17) is 9.84 Å². The van der Waals surface area contributed by atoms with E-state index in [1.807, 2.05) is 0 Å². The van der Waals surface area contributed by atoms with Crippen molar-refractivity contribution in [3.8, 4) is 0 Å². The third kappa shape index (κ3) is 5.58. The largest absolute Gasteiger partial charge is 0.444 e. The number of aliphatic hydroxyl groups is 1. The Kier molecular flexibility index (Phi) is 5.70. The van der Waals surface area contributed by atoms with Gasteiger partial charge in [0, 0.05) is 19.1 Å². The number of halogens is 2. The second-order valence-electron chi connectivity index (χ2n) is 6.11. The molecule has 1 aliphatic rings. The van der Waals surface area contributed by atoms with Crippen molar-refractivity contribution in [2.24, 2.45) is 0 Å². The molecule has 1 heterocycles. The van der Waals surface area contributed by atoms with Crippen molar-refractivity contribution in [2.45, 2.75) is 51.2 Å². The maximum atomic E-state index is 12.9. The predicted octanol–water partition coefficient (Wildman–Crippen LogP) is 1.60. The number of nitrogens with one attached hydrogen (secondary N) is 1. The van der Waals surface area contributed by atoms with Gasteiger partial charge in [-0.15, -0.1) is 0 Å². The topological polar surface area (TPSA) is 61.8 Å². The van der Waals surface area contributed by atoms with E-state index in [1.54, 1.807) is 25.7 Å². The Labute approximate surface area is 118 Å². The number of alkyl halides is 2. The number of hydrogen-bond acceptors (Lipinski definition) is 4. The van der Waals surface area contributed by atoms with Crippen LogP contribution in [0.25, 0.3) is 0 Å². The summed E-state index contributed by atoms with van der Waals surface area (Å²) in [5.41, 5.74) is -0.568. The number of rotatable bonds is 5. The van der Waals surface area contributed by atoms with Crippen LogP contribution in [0.4, 0.5) is 13.6 Å². The van der Waals surface area contributed by atoms with E-state index in [0.717, 1.165) is 12.8 Å². The third-order valence-corrected chi connectivity index (χ3v) is 3.00. The fraction of sp³-hybridized carbons (Fsp3) is 0.923. The average molecular weight is 294 g/mol. The van der Waals surface area contributed by atoms with Crippen molar-refractivity contribution in [1.29, 1.82) is 0 Å². The van der Waals surface area contributed by atoms with E-state index in [9.17, 15) is 13.6 Å². The molecule has 1 atom stereocenters. The minimum atomic E-state index is -3.13. The second kappa shape index (κ2) is 6.67. The van der Waals surface area contributed by atoms with Gasteiger partial charge in [-0.1, -0.05) is 0 Å². The number of ether oxygens (including phenoxy) is 1. The summed E-state index contributed by atoms with van der Waals surface area (Å²) >= 11 is 0. The number of amides is 1. The van der Waals surface area contributed by atoms with Gasteiger partial charge in [0.2, 0.25) is 0 Å². The number of nitrogens with zero attached hydrogens (tertiary/aromatic N) is 1. The zero-order valence-corrected chi connectivity index (χ0v) is 12.3. The van der Waals surface area contributed by atoms with Gasteiger partial charge in [-0.25, -0.2) is 13.6 Å². The van der Waals surface area contributed by atoms with E-state index >= 15 is 0 Å². The average Bonchev–Trinajstić information content (AvgIpc) is 2.75. The second-order valence-corrected chi connectivity index (χ2v) is 6.11.